The zero-order valence-corrected chi connectivity index (χ0v) is 12.1. The molecule has 1 heterocycles. The highest BCUT2D eigenvalue weighted by Crippen LogP contribution is 2.36. The Bertz CT molecular complexity index is 471. The van der Waals surface area contributed by atoms with Gasteiger partial charge in [0.25, 0.3) is 5.91 Å². The van der Waals surface area contributed by atoms with Crippen molar-refractivity contribution in [1.29, 1.82) is 0 Å². The number of anilines is 2. The molecule has 0 atom stereocenters. The molecule has 0 unspecified atom stereocenters. The molecule has 106 valence electrons. The van der Waals surface area contributed by atoms with Crippen LogP contribution in [0.5, 0.6) is 0 Å². The number of amides is 1. The summed E-state index contributed by atoms with van der Waals surface area (Å²) in [5.74, 6) is -0.365. The van der Waals surface area contributed by atoms with E-state index >= 15 is 0 Å². The number of ether oxygens (including phenoxy) is 1. The van der Waals surface area contributed by atoms with Crippen molar-refractivity contribution in [2.24, 2.45) is 0 Å². The van der Waals surface area contributed by atoms with Gasteiger partial charge in [-0.3, -0.25) is 9.59 Å². The molecule has 0 aliphatic rings. The Hall–Kier alpha value is -1.60. The van der Waals surface area contributed by atoms with E-state index in [1.807, 2.05) is 0 Å². The maximum Gasteiger partial charge on any atom is 0.256 e. The van der Waals surface area contributed by atoms with E-state index in [9.17, 15) is 9.59 Å². The molecular weight excluding hydrogens is 266 g/mol. The molecule has 7 heteroatoms. The quantitative estimate of drug-likeness (QED) is 0.519. The third kappa shape index (κ3) is 3.45. The Kier molecular flexibility index (Phi) is 5.78. The minimum absolute atomic E-state index is 0.0626. The van der Waals surface area contributed by atoms with Crippen LogP contribution >= 0.6 is 11.3 Å². The van der Waals surface area contributed by atoms with Gasteiger partial charge < -0.3 is 21.1 Å². The molecule has 19 heavy (non-hydrogen) atoms. The predicted octanol–water partition coefficient (Wildman–Crippen LogP) is 1.34. The zero-order chi connectivity index (χ0) is 14.4. The Morgan fingerprint density at radius 2 is 2.11 bits per heavy atom. The standard InChI is InChI=1S/C12H19N3O3S/c1-4-7(16)10-9(13)8(11(17)14-2)12(19-10)15-5-6-18-3/h15H,4-6,13H2,1-3H3,(H,14,17). The molecule has 4 N–H and O–H groups in total. The van der Waals surface area contributed by atoms with Crippen LogP contribution in [0.3, 0.4) is 0 Å². The van der Waals surface area contributed by atoms with Gasteiger partial charge in [0, 0.05) is 27.1 Å². The summed E-state index contributed by atoms with van der Waals surface area (Å²) in [5.41, 5.74) is 6.50. The maximum absolute atomic E-state index is 11.8. The van der Waals surface area contributed by atoms with E-state index in [0.717, 1.165) is 0 Å². The Morgan fingerprint density at radius 3 is 2.63 bits per heavy atom. The van der Waals surface area contributed by atoms with Gasteiger partial charge in [-0.1, -0.05) is 6.92 Å². The molecule has 6 nitrogen and oxygen atoms in total. The summed E-state index contributed by atoms with van der Waals surface area (Å²) in [4.78, 5) is 24.1. The number of hydrogen-bond acceptors (Lipinski definition) is 6. The van der Waals surface area contributed by atoms with Gasteiger partial charge in [0.2, 0.25) is 0 Å². The normalized spacial score (nSPS) is 10.3. The number of nitrogen functional groups attached to an aromatic ring is 1. The van der Waals surface area contributed by atoms with Gasteiger partial charge in [0.15, 0.2) is 5.78 Å². The Morgan fingerprint density at radius 1 is 1.42 bits per heavy atom. The molecule has 0 bridgehead atoms. The van der Waals surface area contributed by atoms with Crippen LogP contribution in [0.1, 0.15) is 33.4 Å². The molecule has 1 aromatic heterocycles. The number of nitrogens with two attached hydrogens (primary N) is 1. The first kappa shape index (κ1) is 15.5. The van der Waals surface area contributed by atoms with Gasteiger partial charge in [-0.2, -0.15) is 0 Å². The van der Waals surface area contributed by atoms with Gasteiger partial charge in [-0.15, -0.1) is 11.3 Å². The molecule has 0 aliphatic heterocycles. The van der Waals surface area contributed by atoms with E-state index < -0.39 is 0 Å². The van der Waals surface area contributed by atoms with Crippen molar-refractivity contribution in [3.8, 4) is 0 Å². The van der Waals surface area contributed by atoms with Crippen molar-refractivity contribution in [2.75, 3.05) is 38.4 Å². The van der Waals surface area contributed by atoms with Crippen LogP contribution in [0.25, 0.3) is 0 Å². The summed E-state index contributed by atoms with van der Waals surface area (Å²) in [5, 5.41) is 6.20. The van der Waals surface area contributed by atoms with Crippen LogP contribution < -0.4 is 16.4 Å². The number of carbonyl (C=O) groups is 2. The first-order valence-corrected chi connectivity index (χ1v) is 6.78. The lowest BCUT2D eigenvalue weighted by atomic mass is 10.1. The number of hydrogen-bond donors (Lipinski definition) is 3. The summed E-state index contributed by atoms with van der Waals surface area (Å²) in [7, 11) is 3.12. The van der Waals surface area contributed by atoms with E-state index in [0.29, 0.717) is 35.0 Å². The second kappa shape index (κ2) is 7.10. The fourth-order valence-electron chi connectivity index (χ4n) is 1.55. The summed E-state index contributed by atoms with van der Waals surface area (Å²) < 4.78 is 4.94. The lowest BCUT2D eigenvalue weighted by Gasteiger charge is -2.06. The molecule has 0 saturated carbocycles. The molecule has 0 saturated heterocycles. The molecule has 1 amide bonds. The van der Waals surface area contributed by atoms with E-state index in [2.05, 4.69) is 10.6 Å². The molecule has 1 rings (SSSR count). The number of nitrogens with one attached hydrogen (secondary N) is 2. The molecule has 0 radical (unpaired) electrons. The molecule has 0 fully saturated rings. The lowest BCUT2D eigenvalue weighted by molar-refractivity contribution is 0.0964. The average Bonchev–Trinajstić information content (AvgIpc) is 2.74. The summed E-state index contributed by atoms with van der Waals surface area (Å²) >= 11 is 1.21. The van der Waals surface area contributed by atoms with E-state index in [1.54, 1.807) is 14.0 Å². The number of carbonyl (C=O) groups excluding carboxylic acids is 2. The second-order valence-electron chi connectivity index (χ2n) is 3.82. The Labute approximate surface area is 116 Å². The summed E-state index contributed by atoms with van der Waals surface area (Å²) in [6.45, 7) is 2.81. The molecular formula is C12H19N3O3S. The maximum atomic E-state index is 11.8. The SMILES string of the molecule is CCC(=O)c1sc(NCCOC)c(C(=O)NC)c1N. The molecule has 0 aliphatic carbocycles. The van der Waals surface area contributed by atoms with Crippen LogP contribution in [-0.2, 0) is 4.74 Å². The third-order valence-electron chi connectivity index (χ3n) is 2.57. The van der Waals surface area contributed by atoms with E-state index in [4.69, 9.17) is 10.5 Å². The minimum atomic E-state index is -0.302. The first-order valence-electron chi connectivity index (χ1n) is 5.97. The molecule has 0 aromatic carbocycles. The van der Waals surface area contributed by atoms with Gasteiger partial charge >= 0.3 is 0 Å². The largest absolute Gasteiger partial charge is 0.397 e. The van der Waals surface area contributed by atoms with Crippen LogP contribution in [0.2, 0.25) is 0 Å². The lowest BCUT2D eigenvalue weighted by Crippen LogP contribution is -2.20. The van der Waals surface area contributed by atoms with Gasteiger partial charge in [0.1, 0.15) is 5.00 Å². The fraction of sp³-hybridized carbons (Fsp3) is 0.500. The molecule has 1 aromatic rings. The number of rotatable bonds is 7. The topological polar surface area (TPSA) is 93.4 Å². The van der Waals surface area contributed by atoms with Crippen molar-refractivity contribution in [3.05, 3.63) is 10.4 Å². The number of ketones is 1. The fourth-order valence-corrected chi connectivity index (χ4v) is 2.71. The van der Waals surface area contributed by atoms with E-state index in [-0.39, 0.29) is 17.4 Å². The van der Waals surface area contributed by atoms with Gasteiger partial charge in [0.05, 0.1) is 22.7 Å². The number of thiophene rings is 1. The summed E-state index contributed by atoms with van der Waals surface area (Å²) in [6, 6.07) is 0. The molecule has 0 spiro atoms. The summed E-state index contributed by atoms with van der Waals surface area (Å²) in [6.07, 6.45) is 0.357. The van der Waals surface area contributed by atoms with Crippen LogP contribution in [-0.4, -0.2) is 39.0 Å². The highest BCUT2D eigenvalue weighted by molar-refractivity contribution is 7.19. The monoisotopic (exact) mass is 285 g/mol. The van der Waals surface area contributed by atoms with Gasteiger partial charge in [-0.25, -0.2) is 0 Å². The van der Waals surface area contributed by atoms with Crippen LogP contribution in [0.4, 0.5) is 10.7 Å². The highest BCUT2D eigenvalue weighted by Gasteiger charge is 2.23. The number of Topliss-reactive ketones (excluding diaryl/α,β-unsaturated/α-hetero) is 1. The van der Waals surface area contributed by atoms with Crippen molar-refractivity contribution in [3.63, 3.8) is 0 Å². The highest BCUT2D eigenvalue weighted by atomic mass is 32.1. The zero-order valence-electron chi connectivity index (χ0n) is 11.3. The van der Waals surface area contributed by atoms with Crippen molar-refractivity contribution < 1.29 is 14.3 Å². The third-order valence-corrected chi connectivity index (χ3v) is 3.77. The van der Waals surface area contributed by atoms with Crippen LogP contribution in [0, 0.1) is 0 Å². The van der Waals surface area contributed by atoms with Crippen molar-refractivity contribution in [1.82, 2.24) is 5.32 Å². The van der Waals surface area contributed by atoms with Gasteiger partial charge in [-0.05, 0) is 0 Å². The average molecular weight is 285 g/mol. The Balaban J connectivity index is 3.12. The second-order valence-corrected chi connectivity index (χ2v) is 4.85. The minimum Gasteiger partial charge on any atom is -0.397 e. The number of methoxy groups -OCH3 is 1. The van der Waals surface area contributed by atoms with E-state index in [1.165, 1.54) is 18.4 Å². The van der Waals surface area contributed by atoms with Crippen molar-refractivity contribution >= 4 is 33.7 Å². The van der Waals surface area contributed by atoms with Crippen LogP contribution in [0.15, 0.2) is 0 Å². The first-order chi connectivity index (χ1) is 9.06. The predicted molar refractivity (Wildman–Crippen MR) is 77.1 cm³/mol. The smallest absolute Gasteiger partial charge is 0.256 e. The van der Waals surface area contributed by atoms with Crippen molar-refractivity contribution in [2.45, 2.75) is 13.3 Å².